The van der Waals surface area contributed by atoms with E-state index in [1.165, 1.54) is 0 Å². The summed E-state index contributed by atoms with van der Waals surface area (Å²) in [5.74, 6) is 0.748. The Bertz CT molecular complexity index is 455. The standard InChI is InChI=1S/C15H18ClNO2/c16-10-5-3-1-2-4-6-11-19-14-9-7-8-13(12-14)15(17)18/h3-9,12H,1-2,10-11H2,(H2,17,18)/b5-3-,6-4+. The van der Waals surface area contributed by atoms with Crippen molar-refractivity contribution in [3.05, 3.63) is 54.1 Å². The first kappa shape index (κ1) is 15.3. The molecular formula is C15H18ClNO2. The van der Waals surface area contributed by atoms with E-state index in [1.54, 1.807) is 24.3 Å². The van der Waals surface area contributed by atoms with Crippen molar-refractivity contribution in [2.75, 3.05) is 12.5 Å². The summed E-state index contributed by atoms with van der Waals surface area (Å²) in [6.45, 7) is 0.474. The number of amides is 1. The Morgan fingerprint density at radius 3 is 2.63 bits per heavy atom. The van der Waals surface area contributed by atoms with Crippen molar-refractivity contribution in [2.45, 2.75) is 12.8 Å². The Kier molecular flexibility index (Phi) is 7.44. The van der Waals surface area contributed by atoms with Gasteiger partial charge in [-0.15, -0.1) is 11.6 Å². The van der Waals surface area contributed by atoms with Gasteiger partial charge in [0.1, 0.15) is 12.4 Å². The highest BCUT2D eigenvalue weighted by molar-refractivity contribution is 6.18. The van der Waals surface area contributed by atoms with E-state index in [4.69, 9.17) is 22.1 Å². The normalized spacial score (nSPS) is 11.2. The average Bonchev–Trinajstić information content (AvgIpc) is 2.42. The van der Waals surface area contributed by atoms with Gasteiger partial charge in [0, 0.05) is 11.4 Å². The van der Waals surface area contributed by atoms with Crippen molar-refractivity contribution in [1.82, 2.24) is 0 Å². The van der Waals surface area contributed by atoms with Crippen LogP contribution in [0.1, 0.15) is 23.2 Å². The third-order valence-electron chi connectivity index (χ3n) is 2.39. The second kappa shape index (κ2) is 9.22. The molecule has 0 aliphatic carbocycles. The van der Waals surface area contributed by atoms with Crippen LogP contribution in [0.2, 0.25) is 0 Å². The van der Waals surface area contributed by atoms with Gasteiger partial charge in [0.15, 0.2) is 0 Å². The van der Waals surface area contributed by atoms with Gasteiger partial charge in [-0.2, -0.15) is 0 Å². The molecule has 0 spiro atoms. The predicted molar refractivity (Wildman–Crippen MR) is 78.7 cm³/mol. The summed E-state index contributed by atoms with van der Waals surface area (Å²) in [6.07, 6.45) is 9.91. The van der Waals surface area contributed by atoms with Gasteiger partial charge in [0.2, 0.25) is 5.91 Å². The van der Waals surface area contributed by atoms with Gasteiger partial charge in [0.25, 0.3) is 0 Å². The van der Waals surface area contributed by atoms with Crippen molar-refractivity contribution >= 4 is 17.5 Å². The summed E-state index contributed by atoms with van der Waals surface area (Å²) in [5.41, 5.74) is 5.64. The van der Waals surface area contributed by atoms with Crippen molar-refractivity contribution < 1.29 is 9.53 Å². The molecule has 1 rings (SSSR count). The van der Waals surface area contributed by atoms with Crippen LogP contribution in [-0.2, 0) is 0 Å². The van der Waals surface area contributed by atoms with Gasteiger partial charge in [-0.3, -0.25) is 4.79 Å². The lowest BCUT2D eigenvalue weighted by atomic mass is 10.2. The highest BCUT2D eigenvalue weighted by atomic mass is 35.5. The molecule has 0 unspecified atom stereocenters. The van der Waals surface area contributed by atoms with Crippen LogP contribution in [0, 0.1) is 0 Å². The summed E-state index contributed by atoms with van der Waals surface area (Å²) >= 11 is 5.51. The maximum atomic E-state index is 11.0. The maximum absolute atomic E-state index is 11.0. The SMILES string of the molecule is NC(=O)c1cccc(OC/C=C/CC/C=C\CCl)c1. The van der Waals surface area contributed by atoms with E-state index in [0.717, 1.165) is 12.8 Å². The van der Waals surface area contributed by atoms with Gasteiger partial charge in [0.05, 0.1) is 0 Å². The van der Waals surface area contributed by atoms with Crippen molar-refractivity contribution in [3.63, 3.8) is 0 Å². The fourth-order valence-electron chi connectivity index (χ4n) is 1.44. The van der Waals surface area contributed by atoms with Crippen molar-refractivity contribution in [3.8, 4) is 5.75 Å². The Balaban J connectivity index is 2.29. The molecule has 0 fully saturated rings. The van der Waals surface area contributed by atoms with Crippen LogP contribution in [0.3, 0.4) is 0 Å². The molecule has 0 radical (unpaired) electrons. The van der Waals surface area contributed by atoms with Crippen LogP contribution in [0.4, 0.5) is 0 Å². The number of hydrogen-bond donors (Lipinski definition) is 1. The second-order valence-electron chi connectivity index (χ2n) is 3.88. The number of benzene rings is 1. The number of halogens is 1. The summed E-state index contributed by atoms with van der Waals surface area (Å²) < 4.78 is 5.49. The predicted octanol–water partition coefficient (Wildman–Crippen LogP) is 3.30. The molecule has 0 heterocycles. The first-order chi connectivity index (χ1) is 9.24. The number of hydrogen-bond acceptors (Lipinski definition) is 2. The molecule has 0 bridgehead atoms. The molecule has 2 N–H and O–H groups in total. The Morgan fingerprint density at radius 2 is 1.95 bits per heavy atom. The van der Waals surface area contributed by atoms with Gasteiger partial charge in [-0.25, -0.2) is 0 Å². The summed E-state index contributed by atoms with van der Waals surface area (Å²) in [5, 5.41) is 0. The fraction of sp³-hybridized carbons (Fsp3) is 0.267. The summed E-state index contributed by atoms with van der Waals surface area (Å²) in [4.78, 5) is 11.0. The number of rotatable bonds is 8. The molecular weight excluding hydrogens is 262 g/mol. The number of alkyl halides is 1. The Morgan fingerprint density at radius 1 is 1.21 bits per heavy atom. The molecule has 0 aliphatic heterocycles. The first-order valence-electron chi connectivity index (χ1n) is 6.12. The number of primary amides is 1. The average molecular weight is 280 g/mol. The van der Waals surface area contributed by atoms with Crippen LogP contribution >= 0.6 is 11.6 Å². The van der Waals surface area contributed by atoms with E-state index in [0.29, 0.717) is 23.8 Å². The third-order valence-corrected chi connectivity index (χ3v) is 2.57. The van der Waals surface area contributed by atoms with Crippen molar-refractivity contribution in [2.24, 2.45) is 5.73 Å². The lowest BCUT2D eigenvalue weighted by Crippen LogP contribution is -2.10. The topological polar surface area (TPSA) is 52.3 Å². The number of ether oxygens (including phenoxy) is 1. The van der Waals surface area contributed by atoms with E-state index < -0.39 is 5.91 Å². The number of carbonyl (C=O) groups is 1. The van der Waals surface area contributed by atoms with E-state index >= 15 is 0 Å². The number of carbonyl (C=O) groups excluding carboxylic acids is 1. The lowest BCUT2D eigenvalue weighted by molar-refractivity contribution is 0.1000. The highest BCUT2D eigenvalue weighted by Gasteiger charge is 2.00. The molecule has 1 aromatic rings. The van der Waals surface area contributed by atoms with Gasteiger partial charge in [-0.05, 0) is 31.0 Å². The molecule has 0 atom stereocenters. The third kappa shape index (κ3) is 6.67. The maximum Gasteiger partial charge on any atom is 0.248 e. The van der Waals surface area contributed by atoms with E-state index in [-0.39, 0.29) is 0 Å². The van der Waals surface area contributed by atoms with E-state index in [1.807, 2.05) is 12.2 Å². The van der Waals surface area contributed by atoms with Crippen LogP contribution in [0.25, 0.3) is 0 Å². The molecule has 102 valence electrons. The molecule has 0 aliphatic rings. The van der Waals surface area contributed by atoms with Crippen LogP contribution in [0.5, 0.6) is 5.75 Å². The monoisotopic (exact) mass is 279 g/mol. The van der Waals surface area contributed by atoms with Gasteiger partial charge >= 0.3 is 0 Å². The van der Waals surface area contributed by atoms with E-state index in [2.05, 4.69) is 12.2 Å². The highest BCUT2D eigenvalue weighted by Crippen LogP contribution is 2.12. The van der Waals surface area contributed by atoms with Crippen LogP contribution in [-0.4, -0.2) is 18.4 Å². The largest absolute Gasteiger partial charge is 0.490 e. The molecule has 4 heteroatoms. The molecule has 1 amide bonds. The van der Waals surface area contributed by atoms with E-state index in [9.17, 15) is 4.79 Å². The van der Waals surface area contributed by atoms with Gasteiger partial charge < -0.3 is 10.5 Å². The fourth-order valence-corrected chi connectivity index (χ4v) is 1.57. The number of nitrogens with two attached hydrogens (primary N) is 1. The zero-order valence-corrected chi connectivity index (χ0v) is 11.5. The van der Waals surface area contributed by atoms with Crippen LogP contribution in [0.15, 0.2) is 48.6 Å². The smallest absolute Gasteiger partial charge is 0.248 e. The molecule has 0 saturated heterocycles. The lowest BCUT2D eigenvalue weighted by Gasteiger charge is -2.03. The summed E-state index contributed by atoms with van der Waals surface area (Å²) in [7, 11) is 0. The molecule has 19 heavy (non-hydrogen) atoms. The minimum atomic E-state index is -0.452. The Hall–Kier alpha value is -1.74. The van der Waals surface area contributed by atoms with Gasteiger partial charge in [-0.1, -0.05) is 30.4 Å². The zero-order valence-electron chi connectivity index (χ0n) is 10.7. The Labute approximate surface area is 118 Å². The first-order valence-corrected chi connectivity index (χ1v) is 6.66. The summed E-state index contributed by atoms with van der Waals surface area (Å²) in [6, 6.07) is 6.84. The zero-order chi connectivity index (χ0) is 13.9. The minimum absolute atomic E-state index is 0.452. The quantitative estimate of drug-likeness (QED) is 0.451. The second-order valence-corrected chi connectivity index (χ2v) is 4.19. The molecule has 0 saturated carbocycles. The van der Waals surface area contributed by atoms with Crippen LogP contribution < -0.4 is 10.5 Å². The molecule has 3 nitrogen and oxygen atoms in total. The van der Waals surface area contributed by atoms with Crippen molar-refractivity contribution in [1.29, 1.82) is 0 Å². The number of allylic oxidation sites excluding steroid dienone is 3. The number of unbranched alkanes of at least 4 members (excludes halogenated alkanes) is 1. The molecule has 0 aromatic heterocycles. The minimum Gasteiger partial charge on any atom is -0.490 e. The molecule has 1 aromatic carbocycles.